The molecule has 0 aromatic heterocycles. The lowest BCUT2D eigenvalue weighted by atomic mass is 9.89. The summed E-state index contributed by atoms with van der Waals surface area (Å²) in [6.07, 6.45) is 1.57. The minimum atomic E-state index is -3.63. The molecule has 4 rings (SSSR count). The predicted octanol–water partition coefficient (Wildman–Crippen LogP) is 4.07. The number of hydrogen-bond donors (Lipinski definition) is 2. The summed E-state index contributed by atoms with van der Waals surface area (Å²) < 4.78 is 28.4. The average molecular weight is 421 g/mol. The van der Waals surface area contributed by atoms with Gasteiger partial charge in [-0.1, -0.05) is 60.7 Å². The number of nitrogens with one attached hydrogen (secondary N) is 2. The lowest BCUT2D eigenvalue weighted by Crippen LogP contribution is -2.27. The molecule has 6 heteroatoms. The second-order valence-corrected chi connectivity index (χ2v) is 9.19. The summed E-state index contributed by atoms with van der Waals surface area (Å²) in [4.78, 5) is 11.7. The van der Waals surface area contributed by atoms with Crippen molar-refractivity contribution in [3.63, 3.8) is 0 Å². The number of hydrogen-bond acceptors (Lipinski definition) is 3. The van der Waals surface area contributed by atoms with Crippen LogP contribution in [0.25, 0.3) is 0 Å². The Hall–Kier alpha value is -2.96. The third-order valence-electron chi connectivity index (χ3n) is 5.41. The quantitative estimate of drug-likeness (QED) is 0.605. The summed E-state index contributed by atoms with van der Waals surface area (Å²) in [6, 6.07) is 25.1. The number of aryl methyl sites for hydroxylation is 1. The van der Waals surface area contributed by atoms with Gasteiger partial charge >= 0.3 is 0 Å². The van der Waals surface area contributed by atoms with Crippen molar-refractivity contribution in [1.29, 1.82) is 0 Å². The summed E-state index contributed by atoms with van der Waals surface area (Å²) >= 11 is 0. The van der Waals surface area contributed by atoms with Crippen molar-refractivity contribution >= 4 is 21.6 Å². The monoisotopic (exact) mass is 420 g/mol. The minimum absolute atomic E-state index is 0.0379. The minimum Gasteiger partial charge on any atom is -0.326 e. The van der Waals surface area contributed by atoms with Gasteiger partial charge in [-0.25, -0.2) is 13.1 Å². The molecule has 0 saturated carbocycles. The molecule has 154 valence electrons. The summed E-state index contributed by atoms with van der Waals surface area (Å²) in [6.45, 7) is 0.324. The van der Waals surface area contributed by atoms with Crippen LogP contribution in [-0.4, -0.2) is 20.9 Å². The Kier molecular flexibility index (Phi) is 5.97. The van der Waals surface area contributed by atoms with Gasteiger partial charge in [0.1, 0.15) is 0 Å². The topological polar surface area (TPSA) is 75.3 Å². The number of benzene rings is 3. The second kappa shape index (κ2) is 8.81. The molecule has 1 amide bonds. The van der Waals surface area contributed by atoms with Gasteiger partial charge in [0.05, 0.1) is 4.90 Å². The van der Waals surface area contributed by atoms with Crippen molar-refractivity contribution < 1.29 is 13.2 Å². The van der Waals surface area contributed by atoms with Crippen LogP contribution >= 0.6 is 0 Å². The van der Waals surface area contributed by atoms with Crippen molar-refractivity contribution in [2.75, 3.05) is 11.9 Å². The molecular formula is C24H24N2O3S. The summed E-state index contributed by atoms with van der Waals surface area (Å²) in [7, 11) is -3.63. The molecule has 5 nitrogen and oxygen atoms in total. The highest BCUT2D eigenvalue weighted by Gasteiger charge is 2.21. The van der Waals surface area contributed by atoms with Crippen molar-refractivity contribution in [3.05, 3.63) is 95.6 Å². The van der Waals surface area contributed by atoms with E-state index >= 15 is 0 Å². The van der Waals surface area contributed by atoms with Gasteiger partial charge < -0.3 is 5.32 Å². The van der Waals surface area contributed by atoms with Crippen LogP contribution in [0.1, 0.15) is 35.4 Å². The Balaban J connectivity index is 1.48. The fourth-order valence-corrected chi connectivity index (χ4v) is 4.94. The fourth-order valence-electron chi connectivity index (χ4n) is 3.84. The van der Waals surface area contributed by atoms with E-state index < -0.39 is 10.0 Å². The van der Waals surface area contributed by atoms with E-state index in [1.165, 1.54) is 0 Å². The summed E-state index contributed by atoms with van der Waals surface area (Å²) in [5, 5.41) is 2.78. The molecule has 0 bridgehead atoms. The van der Waals surface area contributed by atoms with Crippen molar-refractivity contribution in [3.8, 4) is 0 Å². The molecule has 0 aliphatic carbocycles. The van der Waals surface area contributed by atoms with Crippen LogP contribution in [0.5, 0.6) is 0 Å². The standard InChI is InChI=1S/C24H24N2O3S/c27-24-14-11-20-17-21(12-13-23(20)26-24)30(28,29)25-16-15-22(18-7-3-1-4-8-18)19-9-5-2-6-10-19/h1-10,12-13,17,22,25H,11,14-16H2,(H,26,27). The molecule has 0 atom stereocenters. The zero-order chi connectivity index (χ0) is 21.0. The van der Waals surface area contributed by atoms with Crippen molar-refractivity contribution in [2.24, 2.45) is 0 Å². The largest absolute Gasteiger partial charge is 0.326 e. The molecule has 1 aliphatic rings. The molecule has 0 spiro atoms. The van der Waals surface area contributed by atoms with E-state index in [-0.39, 0.29) is 16.7 Å². The van der Waals surface area contributed by atoms with E-state index in [1.807, 2.05) is 36.4 Å². The van der Waals surface area contributed by atoms with Gasteiger partial charge in [0.25, 0.3) is 0 Å². The summed E-state index contributed by atoms with van der Waals surface area (Å²) in [5.41, 5.74) is 3.86. The van der Waals surface area contributed by atoms with E-state index in [1.54, 1.807) is 18.2 Å². The molecule has 3 aromatic carbocycles. The molecule has 30 heavy (non-hydrogen) atoms. The number of sulfonamides is 1. The van der Waals surface area contributed by atoms with Gasteiger partial charge in [-0.05, 0) is 47.7 Å². The molecule has 0 saturated heterocycles. The van der Waals surface area contributed by atoms with Crippen LogP contribution in [0.4, 0.5) is 5.69 Å². The van der Waals surface area contributed by atoms with E-state index in [0.29, 0.717) is 31.5 Å². The maximum Gasteiger partial charge on any atom is 0.240 e. The second-order valence-electron chi connectivity index (χ2n) is 7.43. The first-order valence-corrected chi connectivity index (χ1v) is 11.5. The van der Waals surface area contributed by atoms with Crippen LogP contribution in [0.2, 0.25) is 0 Å². The third-order valence-corrected chi connectivity index (χ3v) is 6.87. The number of carbonyl (C=O) groups is 1. The number of carbonyl (C=O) groups excluding carboxylic acids is 1. The first-order valence-electron chi connectivity index (χ1n) is 10.1. The van der Waals surface area contributed by atoms with E-state index in [9.17, 15) is 13.2 Å². The van der Waals surface area contributed by atoms with Gasteiger partial charge in [0.15, 0.2) is 0 Å². The molecule has 1 heterocycles. The van der Waals surface area contributed by atoms with Crippen molar-refractivity contribution in [1.82, 2.24) is 4.72 Å². The smallest absolute Gasteiger partial charge is 0.240 e. The highest BCUT2D eigenvalue weighted by Crippen LogP contribution is 2.28. The number of rotatable bonds is 7. The Labute approximate surface area is 177 Å². The van der Waals surface area contributed by atoms with E-state index in [2.05, 4.69) is 34.3 Å². The molecule has 3 aromatic rings. The zero-order valence-corrected chi connectivity index (χ0v) is 17.4. The number of amides is 1. The van der Waals surface area contributed by atoms with Gasteiger partial charge in [0, 0.05) is 24.6 Å². The van der Waals surface area contributed by atoms with E-state index in [4.69, 9.17) is 0 Å². The fraction of sp³-hybridized carbons (Fsp3) is 0.208. The van der Waals surface area contributed by atoms with Gasteiger partial charge in [-0.15, -0.1) is 0 Å². The Morgan fingerprint density at radius 1 is 0.867 bits per heavy atom. The predicted molar refractivity (Wildman–Crippen MR) is 118 cm³/mol. The maximum absolute atomic E-state index is 12.8. The number of anilines is 1. The highest BCUT2D eigenvalue weighted by molar-refractivity contribution is 7.89. The Morgan fingerprint density at radius 3 is 2.13 bits per heavy atom. The Morgan fingerprint density at radius 2 is 1.50 bits per heavy atom. The molecule has 1 aliphatic heterocycles. The molecule has 0 fully saturated rings. The first kappa shape index (κ1) is 20.3. The zero-order valence-electron chi connectivity index (χ0n) is 16.5. The number of fused-ring (bicyclic) bond motifs is 1. The molecule has 2 N–H and O–H groups in total. The lowest BCUT2D eigenvalue weighted by molar-refractivity contribution is -0.116. The average Bonchev–Trinajstić information content (AvgIpc) is 2.77. The van der Waals surface area contributed by atoms with Gasteiger partial charge in [-0.2, -0.15) is 0 Å². The Bertz CT molecular complexity index is 1090. The maximum atomic E-state index is 12.8. The van der Waals surface area contributed by atoms with Gasteiger partial charge in [0.2, 0.25) is 15.9 Å². The highest BCUT2D eigenvalue weighted by atomic mass is 32.2. The van der Waals surface area contributed by atoms with Crippen molar-refractivity contribution in [2.45, 2.75) is 30.1 Å². The summed E-state index contributed by atoms with van der Waals surface area (Å²) in [5.74, 6) is 0.0675. The first-order chi connectivity index (χ1) is 14.5. The molecule has 0 unspecified atom stereocenters. The van der Waals surface area contributed by atoms with Crippen LogP contribution in [0.3, 0.4) is 0 Å². The molecule has 0 radical (unpaired) electrons. The SMILES string of the molecule is O=C1CCc2cc(S(=O)(=O)NCCC(c3ccccc3)c3ccccc3)ccc2N1. The van der Waals surface area contributed by atoms with Crippen LogP contribution in [0, 0.1) is 0 Å². The molecular weight excluding hydrogens is 396 g/mol. The third kappa shape index (κ3) is 4.61. The van der Waals surface area contributed by atoms with Crippen LogP contribution in [0.15, 0.2) is 83.8 Å². The lowest BCUT2D eigenvalue weighted by Gasteiger charge is -2.19. The van der Waals surface area contributed by atoms with Gasteiger partial charge in [-0.3, -0.25) is 4.79 Å². The normalized spacial score (nSPS) is 13.7. The van der Waals surface area contributed by atoms with E-state index in [0.717, 1.165) is 16.7 Å². The van der Waals surface area contributed by atoms with Crippen LogP contribution in [-0.2, 0) is 21.2 Å². The van der Waals surface area contributed by atoms with Crippen LogP contribution < -0.4 is 10.0 Å².